The van der Waals surface area contributed by atoms with E-state index in [-0.39, 0.29) is 0 Å². The van der Waals surface area contributed by atoms with Crippen LogP contribution in [0.5, 0.6) is 0 Å². The molecule has 1 rings (SSSR count). The van der Waals surface area contributed by atoms with Crippen molar-refractivity contribution >= 4 is 17.7 Å². The number of hydrogen-bond donors (Lipinski definition) is 1. The standard InChI is InChI=1S/C15H28N4S/c1-11(2)7-16-8-14-9-17-15(18-13(14)4)19(5)12(3)10-20-6/h9,11-12,16H,7-8,10H2,1-6H3. The second-order valence-corrected chi connectivity index (χ2v) is 6.63. The van der Waals surface area contributed by atoms with Gasteiger partial charge in [-0.25, -0.2) is 9.97 Å². The summed E-state index contributed by atoms with van der Waals surface area (Å²) < 4.78 is 0. The van der Waals surface area contributed by atoms with Crippen molar-refractivity contribution in [1.82, 2.24) is 15.3 Å². The fraction of sp³-hybridized carbons (Fsp3) is 0.733. The molecular weight excluding hydrogens is 268 g/mol. The summed E-state index contributed by atoms with van der Waals surface area (Å²) in [6, 6.07) is 0.439. The van der Waals surface area contributed by atoms with Crippen LogP contribution in [0.1, 0.15) is 32.0 Å². The Morgan fingerprint density at radius 1 is 1.35 bits per heavy atom. The van der Waals surface area contributed by atoms with Crippen LogP contribution in [0.25, 0.3) is 0 Å². The molecule has 1 unspecified atom stereocenters. The van der Waals surface area contributed by atoms with E-state index in [1.807, 2.05) is 18.0 Å². The molecule has 0 amide bonds. The lowest BCUT2D eigenvalue weighted by Crippen LogP contribution is -2.32. The maximum atomic E-state index is 4.64. The van der Waals surface area contributed by atoms with Crippen molar-refractivity contribution in [3.8, 4) is 0 Å². The minimum Gasteiger partial charge on any atom is -0.340 e. The summed E-state index contributed by atoms with van der Waals surface area (Å²) in [7, 11) is 2.06. The Labute approximate surface area is 127 Å². The topological polar surface area (TPSA) is 41.1 Å². The van der Waals surface area contributed by atoms with E-state index in [1.165, 1.54) is 5.56 Å². The summed E-state index contributed by atoms with van der Waals surface area (Å²) in [6.45, 7) is 10.5. The van der Waals surface area contributed by atoms with Gasteiger partial charge in [0.15, 0.2) is 0 Å². The second-order valence-electron chi connectivity index (χ2n) is 5.72. The van der Waals surface area contributed by atoms with Crippen LogP contribution in [0.3, 0.4) is 0 Å². The number of nitrogens with zero attached hydrogens (tertiary/aromatic N) is 3. The van der Waals surface area contributed by atoms with Gasteiger partial charge in [0.05, 0.1) is 0 Å². The largest absolute Gasteiger partial charge is 0.340 e. The van der Waals surface area contributed by atoms with E-state index in [1.54, 1.807) is 0 Å². The van der Waals surface area contributed by atoms with E-state index in [4.69, 9.17) is 0 Å². The third-order valence-electron chi connectivity index (χ3n) is 3.32. The van der Waals surface area contributed by atoms with Crippen LogP contribution in [0.2, 0.25) is 0 Å². The van der Waals surface area contributed by atoms with E-state index in [9.17, 15) is 0 Å². The van der Waals surface area contributed by atoms with E-state index in [0.29, 0.717) is 12.0 Å². The lowest BCUT2D eigenvalue weighted by Gasteiger charge is -2.24. The Bertz CT molecular complexity index is 409. The van der Waals surface area contributed by atoms with Gasteiger partial charge < -0.3 is 10.2 Å². The number of aryl methyl sites for hydroxylation is 1. The van der Waals surface area contributed by atoms with Gasteiger partial charge >= 0.3 is 0 Å². The monoisotopic (exact) mass is 296 g/mol. The fourth-order valence-corrected chi connectivity index (χ4v) is 2.57. The molecule has 1 aromatic rings. The van der Waals surface area contributed by atoms with Crippen molar-refractivity contribution in [3.63, 3.8) is 0 Å². The van der Waals surface area contributed by atoms with Crippen LogP contribution in [0, 0.1) is 12.8 Å². The van der Waals surface area contributed by atoms with Crippen LogP contribution in [0.15, 0.2) is 6.20 Å². The highest BCUT2D eigenvalue weighted by atomic mass is 32.2. The summed E-state index contributed by atoms with van der Waals surface area (Å²) in [6.07, 6.45) is 4.08. The molecule has 114 valence electrons. The molecule has 0 radical (unpaired) electrons. The van der Waals surface area contributed by atoms with Crippen molar-refractivity contribution in [1.29, 1.82) is 0 Å². The fourth-order valence-electron chi connectivity index (χ4n) is 1.87. The summed E-state index contributed by atoms with van der Waals surface area (Å²) in [5, 5.41) is 3.44. The zero-order chi connectivity index (χ0) is 15.1. The maximum Gasteiger partial charge on any atom is 0.225 e. The van der Waals surface area contributed by atoms with Crippen LogP contribution in [-0.4, -0.2) is 41.6 Å². The predicted molar refractivity (Wildman–Crippen MR) is 89.6 cm³/mol. The van der Waals surface area contributed by atoms with E-state index >= 15 is 0 Å². The van der Waals surface area contributed by atoms with E-state index in [0.717, 1.165) is 30.5 Å². The molecule has 0 saturated heterocycles. The maximum absolute atomic E-state index is 4.64. The molecule has 4 nitrogen and oxygen atoms in total. The minimum atomic E-state index is 0.439. The van der Waals surface area contributed by atoms with Crippen LogP contribution in [0.4, 0.5) is 5.95 Å². The Morgan fingerprint density at radius 2 is 2.05 bits per heavy atom. The highest BCUT2D eigenvalue weighted by Gasteiger charge is 2.13. The Kier molecular flexibility index (Phi) is 7.30. The normalized spacial score (nSPS) is 12.8. The minimum absolute atomic E-state index is 0.439. The number of anilines is 1. The van der Waals surface area contributed by atoms with Gasteiger partial charge in [0.2, 0.25) is 5.95 Å². The van der Waals surface area contributed by atoms with Crippen LogP contribution >= 0.6 is 11.8 Å². The van der Waals surface area contributed by atoms with E-state index in [2.05, 4.69) is 61.2 Å². The molecule has 0 aromatic carbocycles. The first-order chi connectivity index (χ1) is 9.45. The van der Waals surface area contributed by atoms with Gasteiger partial charge in [0, 0.05) is 42.8 Å². The Hall–Kier alpha value is -0.810. The lowest BCUT2D eigenvalue weighted by atomic mass is 10.2. The molecule has 0 aliphatic rings. The van der Waals surface area contributed by atoms with Crippen molar-refractivity contribution in [2.24, 2.45) is 5.92 Å². The number of nitrogens with one attached hydrogen (secondary N) is 1. The summed E-state index contributed by atoms with van der Waals surface area (Å²) in [4.78, 5) is 11.3. The predicted octanol–water partition coefficient (Wildman–Crippen LogP) is 2.72. The smallest absolute Gasteiger partial charge is 0.225 e. The molecule has 20 heavy (non-hydrogen) atoms. The molecule has 0 fully saturated rings. The van der Waals surface area contributed by atoms with Crippen molar-refractivity contribution in [2.75, 3.05) is 30.5 Å². The Balaban J connectivity index is 2.67. The molecule has 5 heteroatoms. The van der Waals surface area contributed by atoms with Crippen molar-refractivity contribution in [3.05, 3.63) is 17.5 Å². The molecule has 1 heterocycles. The highest BCUT2D eigenvalue weighted by Crippen LogP contribution is 2.14. The summed E-state index contributed by atoms with van der Waals surface area (Å²) in [5.74, 6) is 2.56. The third kappa shape index (κ3) is 5.29. The van der Waals surface area contributed by atoms with Gasteiger partial charge in [-0.2, -0.15) is 11.8 Å². The molecule has 0 aliphatic carbocycles. The van der Waals surface area contributed by atoms with Gasteiger partial charge in [-0.15, -0.1) is 0 Å². The molecule has 1 aromatic heterocycles. The molecule has 0 spiro atoms. The van der Waals surface area contributed by atoms with Gasteiger partial charge in [-0.1, -0.05) is 13.8 Å². The second kappa shape index (κ2) is 8.47. The highest BCUT2D eigenvalue weighted by molar-refractivity contribution is 7.98. The quantitative estimate of drug-likeness (QED) is 0.799. The van der Waals surface area contributed by atoms with Gasteiger partial charge in [-0.05, 0) is 32.6 Å². The van der Waals surface area contributed by atoms with Crippen LogP contribution < -0.4 is 10.2 Å². The SMILES string of the molecule is CSCC(C)N(C)c1ncc(CNCC(C)C)c(C)n1. The first-order valence-corrected chi connectivity index (χ1v) is 8.60. The van der Waals surface area contributed by atoms with Gasteiger partial charge in [0.1, 0.15) is 0 Å². The number of thioether (sulfide) groups is 1. The zero-order valence-electron chi connectivity index (χ0n) is 13.6. The van der Waals surface area contributed by atoms with Gasteiger partial charge in [-0.3, -0.25) is 0 Å². The Morgan fingerprint density at radius 3 is 2.60 bits per heavy atom. The number of aromatic nitrogens is 2. The number of rotatable bonds is 8. The van der Waals surface area contributed by atoms with E-state index < -0.39 is 0 Å². The molecule has 0 aliphatic heterocycles. The lowest BCUT2D eigenvalue weighted by molar-refractivity contribution is 0.550. The zero-order valence-corrected chi connectivity index (χ0v) is 14.4. The third-order valence-corrected chi connectivity index (χ3v) is 4.14. The average molecular weight is 296 g/mol. The molecule has 1 atom stereocenters. The van der Waals surface area contributed by atoms with Crippen LogP contribution in [-0.2, 0) is 6.54 Å². The molecule has 1 N–H and O–H groups in total. The number of hydrogen-bond acceptors (Lipinski definition) is 5. The van der Waals surface area contributed by atoms with Crippen molar-refractivity contribution in [2.45, 2.75) is 40.3 Å². The molecule has 0 bridgehead atoms. The average Bonchev–Trinajstić information content (AvgIpc) is 2.39. The van der Waals surface area contributed by atoms with Crippen molar-refractivity contribution < 1.29 is 0 Å². The first kappa shape index (κ1) is 17.2. The summed E-state index contributed by atoms with van der Waals surface area (Å²) >= 11 is 1.85. The molecular formula is C15H28N4S. The summed E-state index contributed by atoms with van der Waals surface area (Å²) in [5.41, 5.74) is 2.25. The first-order valence-electron chi connectivity index (χ1n) is 7.20. The molecule has 0 saturated carbocycles. The van der Waals surface area contributed by atoms with Gasteiger partial charge in [0.25, 0.3) is 0 Å².